The molecule has 0 spiro atoms. The molecule has 4 heteroatoms. The number of halogens is 1. The standard InChI is InChI=1S/C10H22N2O.ClH/c1-10(2,3)9(11)8-12-4-6-13-7-5-12;/h9H,4-8,11H2,1-3H3;1H. The summed E-state index contributed by atoms with van der Waals surface area (Å²) in [5.41, 5.74) is 6.31. The number of rotatable bonds is 2. The van der Waals surface area contributed by atoms with Crippen LogP contribution in [0.1, 0.15) is 20.8 Å². The van der Waals surface area contributed by atoms with Gasteiger partial charge < -0.3 is 10.5 Å². The van der Waals surface area contributed by atoms with Gasteiger partial charge in [0.1, 0.15) is 0 Å². The Morgan fingerprint density at radius 1 is 1.29 bits per heavy atom. The summed E-state index contributed by atoms with van der Waals surface area (Å²) in [6.45, 7) is 11.3. The second-order valence-corrected chi connectivity index (χ2v) is 4.89. The summed E-state index contributed by atoms with van der Waals surface area (Å²) >= 11 is 0. The van der Waals surface area contributed by atoms with Gasteiger partial charge in [0.2, 0.25) is 0 Å². The second-order valence-electron chi connectivity index (χ2n) is 4.89. The number of nitrogens with zero attached hydrogens (tertiary/aromatic N) is 1. The van der Waals surface area contributed by atoms with Crippen LogP contribution in [0.5, 0.6) is 0 Å². The first kappa shape index (κ1) is 14.2. The summed E-state index contributed by atoms with van der Waals surface area (Å²) in [7, 11) is 0. The molecule has 1 heterocycles. The van der Waals surface area contributed by atoms with Gasteiger partial charge in [0.25, 0.3) is 0 Å². The van der Waals surface area contributed by atoms with Gasteiger partial charge >= 0.3 is 0 Å². The predicted molar refractivity (Wildman–Crippen MR) is 61.9 cm³/mol. The van der Waals surface area contributed by atoms with E-state index in [2.05, 4.69) is 25.7 Å². The Labute approximate surface area is 93.4 Å². The Kier molecular flexibility index (Phi) is 5.98. The second kappa shape index (κ2) is 5.91. The molecule has 86 valence electrons. The minimum atomic E-state index is 0. The first-order chi connectivity index (χ1) is 6.00. The third kappa shape index (κ3) is 4.60. The maximum Gasteiger partial charge on any atom is 0.0594 e. The average Bonchev–Trinajstić information content (AvgIpc) is 2.04. The van der Waals surface area contributed by atoms with Gasteiger partial charge in [-0.2, -0.15) is 0 Å². The fourth-order valence-electron chi connectivity index (χ4n) is 1.34. The third-order valence-electron chi connectivity index (χ3n) is 2.67. The quantitative estimate of drug-likeness (QED) is 0.761. The van der Waals surface area contributed by atoms with E-state index in [9.17, 15) is 0 Å². The molecule has 1 unspecified atom stereocenters. The maximum atomic E-state index is 6.10. The van der Waals surface area contributed by atoms with Crippen molar-refractivity contribution in [2.75, 3.05) is 32.8 Å². The number of hydrogen-bond acceptors (Lipinski definition) is 3. The summed E-state index contributed by atoms with van der Waals surface area (Å²) in [5, 5.41) is 0. The average molecular weight is 223 g/mol. The molecule has 2 N–H and O–H groups in total. The minimum Gasteiger partial charge on any atom is -0.379 e. The predicted octanol–water partition coefficient (Wildman–Crippen LogP) is 1.11. The zero-order valence-electron chi connectivity index (χ0n) is 9.45. The molecule has 3 nitrogen and oxygen atoms in total. The van der Waals surface area contributed by atoms with Gasteiger partial charge in [0.15, 0.2) is 0 Å². The molecule has 0 bridgehead atoms. The van der Waals surface area contributed by atoms with Crippen LogP contribution in [-0.2, 0) is 4.74 Å². The van der Waals surface area contributed by atoms with Crippen LogP contribution in [0.4, 0.5) is 0 Å². The monoisotopic (exact) mass is 222 g/mol. The van der Waals surface area contributed by atoms with Crippen molar-refractivity contribution in [1.29, 1.82) is 0 Å². The fraction of sp³-hybridized carbons (Fsp3) is 1.00. The lowest BCUT2D eigenvalue weighted by molar-refractivity contribution is 0.0296. The van der Waals surface area contributed by atoms with Crippen molar-refractivity contribution < 1.29 is 4.74 Å². The molecule has 0 aromatic carbocycles. The summed E-state index contributed by atoms with van der Waals surface area (Å²) < 4.78 is 5.28. The van der Waals surface area contributed by atoms with Crippen molar-refractivity contribution in [3.05, 3.63) is 0 Å². The van der Waals surface area contributed by atoms with Gasteiger partial charge in [-0.25, -0.2) is 0 Å². The molecule has 1 aliphatic rings. The van der Waals surface area contributed by atoms with Crippen molar-refractivity contribution in [3.63, 3.8) is 0 Å². The van der Waals surface area contributed by atoms with E-state index >= 15 is 0 Å². The minimum absolute atomic E-state index is 0. The molecule has 1 saturated heterocycles. The van der Waals surface area contributed by atoms with E-state index in [1.54, 1.807) is 0 Å². The van der Waals surface area contributed by atoms with Crippen molar-refractivity contribution in [1.82, 2.24) is 4.90 Å². The van der Waals surface area contributed by atoms with Gasteiger partial charge in [-0.3, -0.25) is 4.90 Å². The summed E-state index contributed by atoms with van der Waals surface area (Å²) in [5.74, 6) is 0. The van der Waals surface area contributed by atoms with Crippen molar-refractivity contribution in [2.24, 2.45) is 11.1 Å². The molecule has 0 saturated carbocycles. The fourth-order valence-corrected chi connectivity index (χ4v) is 1.34. The van der Waals surface area contributed by atoms with Crippen LogP contribution < -0.4 is 5.73 Å². The van der Waals surface area contributed by atoms with E-state index in [0.717, 1.165) is 32.8 Å². The SMILES string of the molecule is CC(C)(C)C(N)CN1CCOCC1.Cl. The van der Waals surface area contributed by atoms with E-state index in [0.29, 0.717) is 0 Å². The Morgan fingerprint density at radius 3 is 2.21 bits per heavy atom. The van der Waals surface area contributed by atoms with Crippen molar-refractivity contribution >= 4 is 12.4 Å². The lowest BCUT2D eigenvalue weighted by Gasteiger charge is -2.34. The summed E-state index contributed by atoms with van der Waals surface area (Å²) in [4.78, 5) is 2.39. The highest BCUT2D eigenvalue weighted by atomic mass is 35.5. The lowest BCUT2D eigenvalue weighted by Crippen LogP contribution is -2.48. The first-order valence-electron chi connectivity index (χ1n) is 5.06. The van der Waals surface area contributed by atoms with E-state index in [-0.39, 0.29) is 23.9 Å². The third-order valence-corrected chi connectivity index (χ3v) is 2.67. The van der Waals surface area contributed by atoms with Gasteiger partial charge in [0, 0.05) is 25.7 Å². The number of morpholine rings is 1. The topological polar surface area (TPSA) is 38.5 Å². The normalized spacial score (nSPS) is 21.4. The molecule has 1 aliphatic heterocycles. The zero-order valence-corrected chi connectivity index (χ0v) is 10.3. The molecular weight excluding hydrogens is 200 g/mol. The van der Waals surface area contributed by atoms with Gasteiger partial charge in [-0.05, 0) is 5.41 Å². The molecule has 0 radical (unpaired) electrons. The first-order valence-corrected chi connectivity index (χ1v) is 5.06. The van der Waals surface area contributed by atoms with Crippen LogP contribution in [0.15, 0.2) is 0 Å². The highest BCUT2D eigenvalue weighted by Crippen LogP contribution is 2.18. The smallest absolute Gasteiger partial charge is 0.0594 e. The van der Waals surface area contributed by atoms with Crippen LogP contribution in [0.3, 0.4) is 0 Å². The lowest BCUT2D eigenvalue weighted by atomic mass is 9.87. The Bertz CT molecular complexity index is 153. The number of hydrogen-bond donors (Lipinski definition) is 1. The van der Waals surface area contributed by atoms with Gasteiger partial charge in [-0.15, -0.1) is 12.4 Å². The number of nitrogens with two attached hydrogens (primary N) is 1. The molecule has 14 heavy (non-hydrogen) atoms. The van der Waals surface area contributed by atoms with E-state index in [4.69, 9.17) is 10.5 Å². The Balaban J connectivity index is 0.00000169. The van der Waals surface area contributed by atoms with Crippen LogP contribution >= 0.6 is 12.4 Å². The van der Waals surface area contributed by atoms with Crippen LogP contribution in [-0.4, -0.2) is 43.8 Å². The molecule has 1 atom stereocenters. The van der Waals surface area contributed by atoms with E-state index in [1.807, 2.05) is 0 Å². The van der Waals surface area contributed by atoms with Gasteiger partial charge in [0.05, 0.1) is 13.2 Å². The molecule has 0 aromatic heterocycles. The Morgan fingerprint density at radius 2 is 1.79 bits per heavy atom. The molecular formula is C10H23ClN2O. The summed E-state index contributed by atoms with van der Waals surface area (Å²) in [6.07, 6.45) is 0. The highest BCUT2D eigenvalue weighted by molar-refractivity contribution is 5.85. The van der Waals surface area contributed by atoms with E-state index in [1.165, 1.54) is 0 Å². The van der Waals surface area contributed by atoms with Crippen LogP contribution in [0.25, 0.3) is 0 Å². The van der Waals surface area contributed by atoms with Crippen molar-refractivity contribution in [2.45, 2.75) is 26.8 Å². The van der Waals surface area contributed by atoms with Crippen LogP contribution in [0.2, 0.25) is 0 Å². The molecule has 1 rings (SSSR count). The highest BCUT2D eigenvalue weighted by Gasteiger charge is 2.23. The summed E-state index contributed by atoms with van der Waals surface area (Å²) in [6, 6.07) is 0.255. The molecule has 0 amide bonds. The molecule has 1 fully saturated rings. The van der Waals surface area contributed by atoms with Crippen LogP contribution in [0, 0.1) is 5.41 Å². The number of ether oxygens (including phenoxy) is 1. The molecule has 0 aromatic rings. The maximum absolute atomic E-state index is 6.10. The largest absolute Gasteiger partial charge is 0.379 e. The van der Waals surface area contributed by atoms with Crippen molar-refractivity contribution in [3.8, 4) is 0 Å². The van der Waals surface area contributed by atoms with E-state index < -0.39 is 0 Å². The Hall–Kier alpha value is 0.170. The zero-order chi connectivity index (χ0) is 9.90. The van der Waals surface area contributed by atoms with Gasteiger partial charge in [-0.1, -0.05) is 20.8 Å². The molecule has 0 aliphatic carbocycles.